The van der Waals surface area contributed by atoms with Crippen LogP contribution in [0.1, 0.15) is 12.8 Å². The molecule has 2 fully saturated rings. The second-order valence-electron chi connectivity index (χ2n) is 6.11. The number of nitrogens with zero attached hydrogens (tertiary/aromatic N) is 2. The van der Waals surface area contributed by atoms with Gasteiger partial charge in [0.05, 0.1) is 31.8 Å². The minimum absolute atomic E-state index is 0. The molecule has 3 aliphatic rings. The number of likely N-dealkylation sites (N-methyl/N-ethyl adjacent to an activating group) is 1. The topological polar surface area (TPSA) is 86.5 Å². The fourth-order valence-electron chi connectivity index (χ4n) is 3.41. The van der Waals surface area contributed by atoms with Crippen LogP contribution in [0.2, 0.25) is 0 Å². The molecule has 0 aromatic carbocycles. The number of thioether (sulfide) groups is 1. The molecule has 0 aliphatic carbocycles. The van der Waals surface area contributed by atoms with E-state index in [0.717, 1.165) is 23.1 Å². The lowest BCUT2D eigenvalue weighted by Crippen LogP contribution is -2.69. The average Bonchev–Trinajstić information content (AvgIpc) is 2.83. The van der Waals surface area contributed by atoms with Crippen LogP contribution >= 0.6 is 35.7 Å². The average molecular weight is 425 g/mol. The predicted octanol–water partition coefficient (Wildman–Crippen LogP) is -0.909. The van der Waals surface area contributed by atoms with Crippen molar-refractivity contribution in [3.63, 3.8) is 0 Å². The molecule has 0 aromatic heterocycles. The van der Waals surface area contributed by atoms with Gasteiger partial charge in [-0.15, -0.1) is 35.7 Å². The number of carboxylic acids is 1. The van der Waals surface area contributed by atoms with Gasteiger partial charge < -0.3 is 20.1 Å². The van der Waals surface area contributed by atoms with Gasteiger partial charge in [-0.3, -0.25) is 9.69 Å². The van der Waals surface area contributed by atoms with Crippen LogP contribution in [0.15, 0.2) is 11.3 Å². The molecule has 3 heterocycles. The van der Waals surface area contributed by atoms with Gasteiger partial charge in [-0.25, -0.2) is 0 Å². The van der Waals surface area contributed by atoms with Crippen molar-refractivity contribution in [2.45, 2.75) is 24.3 Å². The normalized spacial score (nSPS) is 30.6. The first-order chi connectivity index (χ1) is 9.43. The molecule has 2 atom stereocenters. The standard InChI is InChI=1S/C13H19N3O3S.HI/c1-16(4-2-3-5-16)6-8-7-20-12-9(14)11(17)15(12)10(8)13(18)19;/h9,12H,2-7,14H2,1H3;1H/t9?,12-;/m1./s1. The first-order valence-corrected chi connectivity index (χ1v) is 7.95. The predicted molar refractivity (Wildman–Crippen MR) is 88.5 cm³/mol. The number of rotatable bonds is 3. The van der Waals surface area contributed by atoms with E-state index in [1.807, 2.05) is 0 Å². The summed E-state index contributed by atoms with van der Waals surface area (Å²) >= 11 is 1.56. The third kappa shape index (κ3) is 2.82. The van der Waals surface area contributed by atoms with Crippen molar-refractivity contribution < 1.29 is 19.2 Å². The van der Waals surface area contributed by atoms with E-state index in [1.165, 1.54) is 17.7 Å². The number of nitrogens with two attached hydrogens (primary N) is 1. The SMILES string of the molecule is C[N+]1(CC2=C(C(=O)[O-])N3C(=O)C(N)[C@H]3SC2)CCCC1.I. The molecule has 1 unspecified atom stereocenters. The number of hydrogen-bond acceptors (Lipinski definition) is 5. The van der Waals surface area contributed by atoms with Crippen LogP contribution in [0.4, 0.5) is 0 Å². The molecule has 8 heteroatoms. The van der Waals surface area contributed by atoms with Crippen LogP contribution in [0, 0.1) is 0 Å². The van der Waals surface area contributed by atoms with E-state index in [2.05, 4.69) is 7.05 Å². The van der Waals surface area contributed by atoms with Crippen molar-refractivity contribution in [3.8, 4) is 0 Å². The number of amides is 1. The van der Waals surface area contributed by atoms with Gasteiger partial charge in [-0.2, -0.15) is 0 Å². The molecule has 2 N–H and O–H groups in total. The number of aliphatic carboxylic acids is 1. The van der Waals surface area contributed by atoms with Gasteiger partial charge in [0.1, 0.15) is 18.0 Å². The fourth-order valence-corrected chi connectivity index (χ4v) is 4.69. The highest BCUT2D eigenvalue weighted by Gasteiger charge is 2.50. The number of β-lactam (4-membered cyclic amide) rings is 1. The molecule has 0 bridgehead atoms. The van der Waals surface area contributed by atoms with Crippen molar-refractivity contribution >= 4 is 47.6 Å². The molecule has 1 amide bonds. The minimum atomic E-state index is -1.25. The lowest BCUT2D eigenvalue weighted by Gasteiger charge is -2.50. The summed E-state index contributed by atoms with van der Waals surface area (Å²) in [5.41, 5.74) is 6.61. The zero-order valence-corrected chi connectivity index (χ0v) is 15.1. The van der Waals surface area contributed by atoms with Crippen molar-refractivity contribution in [1.82, 2.24) is 4.90 Å². The second-order valence-corrected chi connectivity index (χ2v) is 7.21. The Labute approximate surface area is 145 Å². The summed E-state index contributed by atoms with van der Waals surface area (Å²) in [4.78, 5) is 24.6. The molecule has 3 rings (SSSR count). The maximum absolute atomic E-state index is 11.8. The van der Waals surface area contributed by atoms with E-state index in [9.17, 15) is 14.7 Å². The smallest absolute Gasteiger partial charge is 0.248 e. The molecule has 21 heavy (non-hydrogen) atoms. The molecule has 6 nitrogen and oxygen atoms in total. The molecule has 0 saturated carbocycles. The fraction of sp³-hybridized carbons (Fsp3) is 0.692. The van der Waals surface area contributed by atoms with Gasteiger partial charge in [0, 0.05) is 24.2 Å². The number of hydrogen-bond donors (Lipinski definition) is 1. The Morgan fingerprint density at radius 1 is 1.48 bits per heavy atom. The van der Waals surface area contributed by atoms with E-state index in [1.54, 1.807) is 11.8 Å². The Hall–Kier alpha value is -0.320. The summed E-state index contributed by atoms with van der Waals surface area (Å²) in [5, 5.41) is 11.2. The molecule has 0 spiro atoms. The summed E-state index contributed by atoms with van der Waals surface area (Å²) in [6.07, 6.45) is 2.35. The number of likely N-dealkylation sites (tertiary alicyclic amines) is 1. The Balaban J connectivity index is 0.00000161. The van der Waals surface area contributed by atoms with Gasteiger partial charge in [0.2, 0.25) is 5.91 Å². The monoisotopic (exact) mass is 425 g/mol. The van der Waals surface area contributed by atoms with Crippen LogP contribution in [0.25, 0.3) is 0 Å². The zero-order valence-electron chi connectivity index (χ0n) is 11.9. The van der Waals surface area contributed by atoms with Gasteiger partial charge in [-0.05, 0) is 0 Å². The lowest BCUT2D eigenvalue weighted by molar-refractivity contribution is -0.893. The van der Waals surface area contributed by atoms with Crippen LogP contribution < -0.4 is 10.8 Å². The van der Waals surface area contributed by atoms with E-state index in [4.69, 9.17) is 5.73 Å². The maximum atomic E-state index is 11.8. The van der Waals surface area contributed by atoms with E-state index < -0.39 is 12.0 Å². The van der Waals surface area contributed by atoms with Crippen molar-refractivity contribution in [3.05, 3.63) is 11.3 Å². The summed E-state index contributed by atoms with van der Waals surface area (Å²) in [6, 6.07) is -0.576. The van der Waals surface area contributed by atoms with Gasteiger partial charge >= 0.3 is 0 Å². The van der Waals surface area contributed by atoms with Crippen LogP contribution in [-0.4, -0.2) is 65.1 Å². The highest BCUT2D eigenvalue weighted by atomic mass is 127. The lowest BCUT2D eigenvalue weighted by atomic mass is 10.0. The molecule has 0 radical (unpaired) electrons. The van der Waals surface area contributed by atoms with Crippen LogP contribution in [0.3, 0.4) is 0 Å². The van der Waals surface area contributed by atoms with Gasteiger partial charge in [-0.1, -0.05) is 0 Å². The highest BCUT2D eigenvalue weighted by molar-refractivity contribution is 14.0. The number of halogens is 1. The molecular weight excluding hydrogens is 405 g/mol. The third-order valence-corrected chi connectivity index (χ3v) is 5.86. The third-order valence-electron chi connectivity index (χ3n) is 4.50. The Morgan fingerprint density at radius 3 is 2.67 bits per heavy atom. The van der Waals surface area contributed by atoms with Crippen molar-refractivity contribution in [2.75, 3.05) is 32.4 Å². The first kappa shape index (κ1) is 17.0. The molecule has 2 saturated heterocycles. The maximum Gasteiger partial charge on any atom is 0.248 e. The molecular formula is C13H20IN3O3S. The summed E-state index contributed by atoms with van der Waals surface area (Å²) in [6.45, 7) is 2.80. The van der Waals surface area contributed by atoms with Crippen LogP contribution in [-0.2, 0) is 9.59 Å². The summed E-state index contributed by atoms with van der Waals surface area (Å²) in [5.74, 6) is -0.932. The first-order valence-electron chi connectivity index (χ1n) is 6.90. The number of carboxylic acid groups (broad SMARTS) is 1. The zero-order chi connectivity index (χ0) is 14.5. The number of quaternary nitrogens is 1. The summed E-state index contributed by atoms with van der Waals surface area (Å²) < 4.78 is 0.853. The molecule has 118 valence electrons. The van der Waals surface area contributed by atoms with Gasteiger partial charge in [0.15, 0.2) is 0 Å². The minimum Gasteiger partial charge on any atom is -0.543 e. The second kappa shape index (κ2) is 6.05. The number of carbonyl (C=O) groups excluding carboxylic acids is 2. The largest absolute Gasteiger partial charge is 0.543 e. The Morgan fingerprint density at radius 2 is 2.10 bits per heavy atom. The molecule has 0 aromatic rings. The number of fused-ring (bicyclic) bond motifs is 1. The van der Waals surface area contributed by atoms with E-state index in [0.29, 0.717) is 12.3 Å². The number of carbonyl (C=O) groups is 2. The molecule has 3 aliphatic heterocycles. The Bertz CT molecular complexity index is 505. The van der Waals surface area contributed by atoms with Crippen molar-refractivity contribution in [1.29, 1.82) is 0 Å². The van der Waals surface area contributed by atoms with Crippen molar-refractivity contribution in [2.24, 2.45) is 5.73 Å². The Kier molecular flexibility index (Phi) is 4.91. The van der Waals surface area contributed by atoms with Gasteiger partial charge in [0.25, 0.3) is 0 Å². The van der Waals surface area contributed by atoms with Crippen LogP contribution in [0.5, 0.6) is 0 Å². The highest BCUT2D eigenvalue weighted by Crippen LogP contribution is 2.40. The van der Waals surface area contributed by atoms with E-state index >= 15 is 0 Å². The van der Waals surface area contributed by atoms with E-state index in [-0.39, 0.29) is 41.0 Å². The quantitative estimate of drug-likeness (QED) is 0.360. The summed E-state index contributed by atoms with van der Waals surface area (Å²) in [7, 11) is 2.15.